The summed E-state index contributed by atoms with van der Waals surface area (Å²) < 4.78 is 13.7. The first-order chi connectivity index (χ1) is 13.0. The smallest absolute Gasteiger partial charge is 0.311 e. The first kappa shape index (κ1) is 19.8. The maximum atomic E-state index is 13.7. The van der Waals surface area contributed by atoms with Crippen molar-refractivity contribution in [3.8, 4) is 0 Å². The number of carbonyl (C=O) groups excluding carboxylic acids is 1. The second kappa shape index (κ2) is 7.36. The Morgan fingerprint density at radius 3 is 1.68 bits per heavy atom. The lowest BCUT2D eigenvalue weighted by Crippen LogP contribution is -2.14. The first-order valence-corrected chi connectivity index (χ1v) is 6.88. The van der Waals surface area contributed by atoms with Crippen LogP contribution in [0.25, 0.3) is 0 Å². The van der Waals surface area contributed by atoms with Crippen LogP contribution in [0.2, 0.25) is 0 Å². The molecule has 1 amide bonds. The summed E-state index contributed by atoms with van der Waals surface area (Å²) in [7, 11) is 0. The SMILES string of the molecule is O=C(Nc1cc(F)c([N+](=O)[O-])cc1[N+](=O)[O-])c1cc([N+](=O)[O-])cc([N+](=O)[O-])c1. The van der Waals surface area contributed by atoms with Crippen molar-refractivity contribution in [2.75, 3.05) is 5.32 Å². The van der Waals surface area contributed by atoms with Crippen LogP contribution in [-0.2, 0) is 0 Å². The number of nitrogens with zero attached hydrogens (tertiary/aromatic N) is 4. The molecule has 144 valence electrons. The number of amides is 1. The van der Waals surface area contributed by atoms with E-state index in [2.05, 4.69) is 0 Å². The van der Waals surface area contributed by atoms with Crippen molar-refractivity contribution in [1.82, 2.24) is 0 Å². The van der Waals surface area contributed by atoms with Crippen LogP contribution >= 0.6 is 0 Å². The Balaban J connectivity index is 2.52. The molecule has 0 spiro atoms. The average Bonchev–Trinajstić information content (AvgIpc) is 2.60. The third kappa shape index (κ3) is 3.98. The van der Waals surface area contributed by atoms with E-state index < -0.39 is 65.4 Å². The summed E-state index contributed by atoms with van der Waals surface area (Å²) in [6.07, 6.45) is 0. The van der Waals surface area contributed by atoms with Gasteiger partial charge >= 0.3 is 5.69 Å². The Labute approximate surface area is 151 Å². The van der Waals surface area contributed by atoms with Gasteiger partial charge in [0.2, 0.25) is 5.82 Å². The van der Waals surface area contributed by atoms with Gasteiger partial charge in [0, 0.05) is 18.2 Å². The zero-order valence-corrected chi connectivity index (χ0v) is 13.2. The number of hydrogen-bond acceptors (Lipinski definition) is 9. The highest BCUT2D eigenvalue weighted by Gasteiger charge is 2.27. The van der Waals surface area contributed by atoms with Crippen LogP contribution in [0.5, 0.6) is 0 Å². The van der Waals surface area contributed by atoms with Gasteiger partial charge in [-0.15, -0.1) is 0 Å². The Bertz CT molecular complexity index is 1020. The minimum Gasteiger partial charge on any atom is -0.316 e. The van der Waals surface area contributed by atoms with Crippen LogP contribution in [0.4, 0.5) is 32.8 Å². The van der Waals surface area contributed by atoms with Gasteiger partial charge in [-0.25, -0.2) is 0 Å². The molecule has 28 heavy (non-hydrogen) atoms. The van der Waals surface area contributed by atoms with Gasteiger partial charge in [-0.3, -0.25) is 45.3 Å². The predicted molar refractivity (Wildman–Crippen MR) is 87.4 cm³/mol. The number of nitro groups is 4. The first-order valence-electron chi connectivity index (χ1n) is 6.88. The highest BCUT2D eigenvalue weighted by atomic mass is 19.1. The van der Waals surface area contributed by atoms with Gasteiger partial charge in [-0.05, 0) is 0 Å². The van der Waals surface area contributed by atoms with Gasteiger partial charge in [0.1, 0.15) is 5.69 Å². The zero-order chi connectivity index (χ0) is 21.2. The van der Waals surface area contributed by atoms with E-state index in [0.29, 0.717) is 24.3 Å². The number of anilines is 1. The van der Waals surface area contributed by atoms with Gasteiger partial charge in [0.25, 0.3) is 23.0 Å². The molecule has 0 aliphatic heterocycles. The lowest BCUT2D eigenvalue weighted by Gasteiger charge is -2.07. The van der Waals surface area contributed by atoms with E-state index in [1.165, 1.54) is 0 Å². The largest absolute Gasteiger partial charge is 0.316 e. The maximum Gasteiger partial charge on any atom is 0.311 e. The van der Waals surface area contributed by atoms with Crippen molar-refractivity contribution in [3.05, 3.63) is 82.2 Å². The fourth-order valence-corrected chi connectivity index (χ4v) is 2.07. The Morgan fingerprint density at radius 2 is 1.25 bits per heavy atom. The van der Waals surface area contributed by atoms with Gasteiger partial charge in [0.15, 0.2) is 0 Å². The Kier molecular flexibility index (Phi) is 5.19. The van der Waals surface area contributed by atoms with Gasteiger partial charge in [-0.1, -0.05) is 0 Å². The van der Waals surface area contributed by atoms with Crippen molar-refractivity contribution in [2.24, 2.45) is 0 Å². The third-order valence-corrected chi connectivity index (χ3v) is 3.29. The molecule has 0 saturated heterocycles. The quantitative estimate of drug-likeness (QED) is 0.563. The molecule has 0 heterocycles. The number of hydrogen-bond donors (Lipinski definition) is 1. The Morgan fingerprint density at radius 1 is 0.750 bits per heavy atom. The molecule has 1 N–H and O–H groups in total. The predicted octanol–water partition coefficient (Wildman–Crippen LogP) is 2.71. The van der Waals surface area contributed by atoms with Crippen LogP contribution in [0.3, 0.4) is 0 Å². The van der Waals surface area contributed by atoms with Crippen LogP contribution in [0.15, 0.2) is 30.3 Å². The summed E-state index contributed by atoms with van der Waals surface area (Å²) in [4.78, 5) is 51.3. The number of halogens is 1. The molecular formula is C13H6FN5O9. The molecule has 0 aliphatic rings. The number of carbonyl (C=O) groups is 1. The molecule has 15 heteroatoms. The minimum absolute atomic E-state index is 0.279. The van der Waals surface area contributed by atoms with Crippen molar-refractivity contribution in [3.63, 3.8) is 0 Å². The molecule has 0 fully saturated rings. The standard InChI is InChI=1S/C13H6FN5O9/c14-9-4-10(12(19(27)28)5-11(9)18(25)26)15-13(20)6-1-7(16(21)22)3-8(2-6)17(23)24/h1-5H,(H,15,20). The number of nitrogens with one attached hydrogen (secondary N) is 1. The van der Waals surface area contributed by atoms with Crippen molar-refractivity contribution >= 4 is 34.3 Å². The third-order valence-electron chi connectivity index (χ3n) is 3.29. The summed E-state index contributed by atoms with van der Waals surface area (Å²) in [5, 5.41) is 45.3. The molecule has 0 aromatic heterocycles. The molecule has 0 atom stereocenters. The summed E-state index contributed by atoms with van der Waals surface area (Å²) >= 11 is 0. The van der Waals surface area contributed by atoms with Crippen molar-refractivity contribution in [1.29, 1.82) is 0 Å². The molecule has 0 radical (unpaired) electrons. The molecule has 0 unspecified atom stereocenters. The second-order valence-electron chi connectivity index (χ2n) is 5.04. The van der Waals surface area contributed by atoms with E-state index in [0.717, 1.165) is 0 Å². The Hall–Kier alpha value is -4.56. The van der Waals surface area contributed by atoms with Crippen LogP contribution in [-0.4, -0.2) is 25.6 Å². The topological polar surface area (TPSA) is 202 Å². The van der Waals surface area contributed by atoms with Gasteiger partial charge in [-0.2, -0.15) is 4.39 Å². The van der Waals surface area contributed by atoms with E-state index in [4.69, 9.17) is 0 Å². The maximum absolute atomic E-state index is 13.7. The number of rotatable bonds is 6. The van der Waals surface area contributed by atoms with E-state index in [9.17, 15) is 49.6 Å². The molecule has 2 rings (SSSR count). The highest BCUT2D eigenvalue weighted by Crippen LogP contribution is 2.32. The molecule has 0 saturated carbocycles. The number of benzene rings is 2. The molecule has 2 aromatic rings. The van der Waals surface area contributed by atoms with E-state index >= 15 is 0 Å². The van der Waals surface area contributed by atoms with Crippen LogP contribution in [0, 0.1) is 46.3 Å². The van der Waals surface area contributed by atoms with E-state index in [1.54, 1.807) is 0 Å². The van der Waals surface area contributed by atoms with Gasteiger partial charge in [0.05, 0.1) is 37.4 Å². The summed E-state index contributed by atoms with van der Waals surface area (Å²) in [6, 6.07) is 2.51. The van der Waals surface area contributed by atoms with Crippen molar-refractivity contribution < 1.29 is 28.9 Å². The lowest BCUT2D eigenvalue weighted by molar-refractivity contribution is -0.395. The number of non-ortho nitro benzene ring substituents is 2. The molecule has 2 aromatic carbocycles. The van der Waals surface area contributed by atoms with E-state index in [1.807, 2.05) is 5.32 Å². The number of nitro benzene ring substituents is 4. The highest BCUT2D eigenvalue weighted by molar-refractivity contribution is 6.06. The van der Waals surface area contributed by atoms with Crippen molar-refractivity contribution in [2.45, 2.75) is 0 Å². The molecule has 0 bridgehead atoms. The minimum atomic E-state index is -1.49. The molecule has 0 aliphatic carbocycles. The summed E-state index contributed by atoms with van der Waals surface area (Å²) in [5.41, 5.74) is -5.24. The van der Waals surface area contributed by atoms with E-state index in [-0.39, 0.29) is 6.07 Å². The van der Waals surface area contributed by atoms with Crippen LogP contribution in [0.1, 0.15) is 10.4 Å². The zero-order valence-electron chi connectivity index (χ0n) is 13.2. The normalized spacial score (nSPS) is 10.2. The molecular weight excluding hydrogens is 389 g/mol. The lowest BCUT2D eigenvalue weighted by atomic mass is 10.1. The monoisotopic (exact) mass is 395 g/mol. The fourth-order valence-electron chi connectivity index (χ4n) is 2.07. The van der Waals surface area contributed by atoms with Crippen LogP contribution < -0.4 is 5.32 Å². The second-order valence-corrected chi connectivity index (χ2v) is 5.04. The summed E-state index contributed by atoms with van der Waals surface area (Å²) in [6.45, 7) is 0. The molecule has 14 nitrogen and oxygen atoms in total. The van der Waals surface area contributed by atoms with Gasteiger partial charge < -0.3 is 5.32 Å². The fraction of sp³-hybridized carbons (Fsp3) is 0. The average molecular weight is 395 g/mol. The summed E-state index contributed by atoms with van der Waals surface area (Å²) in [5.74, 6) is -2.76.